The van der Waals surface area contributed by atoms with Crippen molar-refractivity contribution in [3.63, 3.8) is 0 Å². The zero-order valence-electron chi connectivity index (χ0n) is 10.6. The summed E-state index contributed by atoms with van der Waals surface area (Å²) < 4.78 is 18.1. The van der Waals surface area contributed by atoms with Gasteiger partial charge in [-0.15, -0.1) is 0 Å². The summed E-state index contributed by atoms with van der Waals surface area (Å²) in [6, 6.07) is 6.08. The van der Waals surface area contributed by atoms with Crippen molar-refractivity contribution in [2.24, 2.45) is 5.92 Å². The minimum atomic E-state index is -0.267. The molecule has 1 atom stereocenters. The van der Waals surface area contributed by atoms with Crippen LogP contribution < -0.4 is 5.32 Å². The lowest BCUT2D eigenvalue weighted by molar-refractivity contribution is 0.360. The molecule has 1 saturated heterocycles. The first kappa shape index (κ1) is 12.3. The molecule has 1 fully saturated rings. The van der Waals surface area contributed by atoms with E-state index in [1.165, 1.54) is 25.0 Å². The number of nitrogens with one attached hydrogen (secondary N) is 1. The first-order valence-corrected chi connectivity index (χ1v) is 6.60. The second-order valence-electron chi connectivity index (χ2n) is 4.94. The zero-order valence-corrected chi connectivity index (χ0v) is 10.6. The lowest BCUT2D eigenvalue weighted by Crippen LogP contribution is -2.31. The predicted octanol–water partition coefficient (Wildman–Crippen LogP) is 2.42. The molecule has 0 radical (unpaired) electrons. The Morgan fingerprint density at radius 1 is 1.32 bits per heavy atom. The summed E-state index contributed by atoms with van der Waals surface area (Å²) >= 11 is 0. The van der Waals surface area contributed by atoms with E-state index in [9.17, 15) is 4.39 Å². The molecule has 0 amide bonds. The van der Waals surface area contributed by atoms with Crippen LogP contribution in [0, 0.1) is 11.7 Å². The number of hydrogen-bond acceptors (Lipinski definition) is 4. The van der Waals surface area contributed by atoms with Gasteiger partial charge in [0.05, 0.1) is 0 Å². The minimum Gasteiger partial charge on any atom is -0.334 e. The fourth-order valence-corrected chi connectivity index (χ4v) is 2.40. The van der Waals surface area contributed by atoms with Crippen molar-refractivity contribution in [2.75, 3.05) is 13.1 Å². The van der Waals surface area contributed by atoms with Crippen molar-refractivity contribution in [3.05, 3.63) is 35.9 Å². The standard InChI is InChI=1S/C14H16FN3O/c15-12-5-3-11(4-6-12)14-17-13(18-19-14)8-10-2-1-7-16-9-10/h3-6,10,16H,1-2,7-9H2. The van der Waals surface area contributed by atoms with Gasteiger partial charge in [0.15, 0.2) is 5.82 Å². The van der Waals surface area contributed by atoms with Gasteiger partial charge in [0.25, 0.3) is 5.89 Å². The average Bonchev–Trinajstić information content (AvgIpc) is 2.89. The Kier molecular flexibility index (Phi) is 3.55. The molecule has 4 nitrogen and oxygen atoms in total. The topological polar surface area (TPSA) is 51.0 Å². The van der Waals surface area contributed by atoms with Crippen LogP contribution in [-0.4, -0.2) is 23.2 Å². The van der Waals surface area contributed by atoms with Gasteiger partial charge in [-0.3, -0.25) is 0 Å². The maximum Gasteiger partial charge on any atom is 0.257 e. The van der Waals surface area contributed by atoms with Crippen molar-refractivity contribution in [3.8, 4) is 11.5 Å². The molecule has 1 aromatic heterocycles. The Bertz CT molecular complexity index is 532. The van der Waals surface area contributed by atoms with Gasteiger partial charge in [-0.05, 0) is 56.1 Å². The highest BCUT2D eigenvalue weighted by atomic mass is 19.1. The number of hydrogen-bond donors (Lipinski definition) is 1. The number of aromatic nitrogens is 2. The summed E-state index contributed by atoms with van der Waals surface area (Å²) in [7, 11) is 0. The van der Waals surface area contributed by atoms with Crippen LogP contribution in [0.2, 0.25) is 0 Å². The molecule has 1 N–H and O–H groups in total. The summed E-state index contributed by atoms with van der Waals surface area (Å²) in [6.07, 6.45) is 3.23. The van der Waals surface area contributed by atoms with Crippen LogP contribution in [0.1, 0.15) is 18.7 Å². The molecule has 1 aliphatic heterocycles. The Balaban J connectivity index is 1.70. The van der Waals surface area contributed by atoms with Crippen LogP contribution in [0.25, 0.3) is 11.5 Å². The van der Waals surface area contributed by atoms with Gasteiger partial charge in [-0.1, -0.05) is 5.16 Å². The smallest absolute Gasteiger partial charge is 0.257 e. The van der Waals surface area contributed by atoms with Crippen molar-refractivity contribution >= 4 is 0 Å². The zero-order chi connectivity index (χ0) is 13.1. The summed E-state index contributed by atoms with van der Waals surface area (Å²) in [4.78, 5) is 4.38. The molecule has 0 saturated carbocycles. The van der Waals surface area contributed by atoms with E-state index in [0.29, 0.717) is 11.8 Å². The van der Waals surface area contributed by atoms with Crippen LogP contribution in [0.5, 0.6) is 0 Å². The maximum atomic E-state index is 12.8. The molecular weight excluding hydrogens is 245 g/mol. The molecule has 19 heavy (non-hydrogen) atoms. The Morgan fingerprint density at radius 3 is 2.89 bits per heavy atom. The van der Waals surface area contributed by atoms with Crippen LogP contribution in [0.3, 0.4) is 0 Å². The van der Waals surface area contributed by atoms with Gasteiger partial charge >= 0.3 is 0 Å². The Labute approximate surface area is 111 Å². The van der Waals surface area contributed by atoms with E-state index in [0.717, 1.165) is 30.9 Å². The van der Waals surface area contributed by atoms with Crippen LogP contribution in [0.15, 0.2) is 28.8 Å². The quantitative estimate of drug-likeness (QED) is 0.922. The fourth-order valence-electron chi connectivity index (χ4n) is 2.40. The van der Waals surface area contributed by atoms with Crippen LogP contribution >= 0.6 is 0 Å². The van der Waals surface area contributed by atoms with Gasteiger partial charge in [0.2, 0.25) is 0 Å². The molecule has 0 spiro atoms. The number of halogens is 1. The second kappa shape index (κ2) is 5.48. The molecule has 100 valence electrons. The SMILES string of the molecule is Fc1ccc(-c2nc(CC3CCCNC3)no2)cc1. The van der Waals surface area contributed by atoms with Gasteiger partial charge in [-0.25, -0.2) is 4.39 Å². The molecule has 1 aromatic carbocycles. The fraction of sp³-hybridized carbons (Fsp3) is 0.429. The molecule has 0 aliphatic carbocycles. The van der Waals surface area contributed by atoms with Gasteiger partial charge in [0, 0.05) is 12.0 Å². The highest BCUT2D eigenvalue weighted by Crippen LogP contribution is 2.20. The van der Waals surface area contributed by atoms with E-state index in [1.807, 2.05) is 0 Å². The van der Waals surface area contributed by atoms with E-state index in [4.69, 9.17) is 4.52 Å². The largest absolute Gasteiger partial charge is 0.334 e. The molecule has 1 aliphatic rings. The minimum absolute atomic E-state index is 0.267. The van der Waals surface area contributed by atoms with E-state index < -0.39 is 0 Å². The summed E-state index contributed by atoms with van der Waals surface area (Å²) in [5.74, 6) is 1.50. The lowest BCUT2D eigenvalue weighted by atomic mass is 9.96. The molecule has 3 rings (SSSR count). The maximum absolute atomic E-state index is 12.8. The van der Waals surface area contributed by atoms with Gasteiger partial charge in [-0.2, -0.15) is 4.98 Å². The van der Waals surface area contributed by atoms with Crippen molar-refractivity contribution < 1.29 is 8.91 Å². The van der Waals surface area contributed by atoms with Crippen LogP contribution in [-0.2, 0) is 6.42 Å². The van der Waals surface area contributed by atoms with E-state index in [-0.39, 0.29) is 5.82 Å². The molecule has 2 heterocycles. The predicted molar refractivity (Wildman–Crippen MR) is 69.0 cm³/mol. The normalized spacial score (nSPS) is 19.5. The summed E-state index contributed by atoms with van der Waals surface area (Å²) in [6.45, 7) is 2.12. The number of benzene rings is 1. The third-order valence-electron chi connectivity index (χ3n) is 3.43. The van der Waals surface area contributed by atoms with Crippen molar-refractivity contribution in [1.29, 1.82) is 0 Å². The number of nitrogens with zero attached hydrogens (tertiary/aromatic N) is 2. The third kappa shape index (κ3) is 2.98. The first-order valence-electron chi connectivity index (χ1n) is 6.60. The van der Waals surface area contributed by atoms with Gasteiger partial charge in [0.1, 0.15) is 5.82 Å². The highest BCUT2D eigenvalue weighted by molar-refractivity contribution is 5.52. The van der Waals surface area contributed by atoms with Gasteiger partial charge < -0.3 is 9.84 Å². The number of piperidine rings is 1. The van der Waals surface area contributed by atoms with E-state index in [1.54, 1.807) is 12.1 Å². The number of rotatable bonds is 3. The molecule has 0 bridgehead atoms. The van der Waals surface area contributed by atoms with Crippen LogP contribution in [0.4, 0.5) is 4.39 Å². The Morgan fingerprint density at radius 2 is 2.16 bits per heavy atom. The van der Waals surface area contributed by atoms with Crippen molar-refractivity contribution in [1.82, 2.24) is 15.5 Å². The Hall–Kier alpha value is -1.75. The monoisotopic (exact) mass is 261 g/mol. The lowest BCUT2D eigenvalue weighted by Gasteiger charge is -2.20. The average molecular weight is 261 g/mol. The second-order valence-corrected chi connectivity index (χ2v) is 4.94. The molecule has 5 heteroatoms. The third-order valence-corrected chi connectivity index (χ3v) is 3.43. The summed E-state index contributed by atoms with van der Waals surface area (Å²) in [5.41, 5.74) is 0.752. The van der Waals surface area contributed by atoms with E-state index >= 15 is 0 Å². The first-order chi connectivity index (χ1) is 9.31. The molecule has 2 aromatic rings. The molecule has 1 unspecified atom stereocenters. The molecular formula is C14H16FN3O. The van der Waals surface area contributed by atoms with E-state index in [2.05, 4.69) is 15.5 Å². The summed E-state index contributed by atoms with van der Waals surface area (Å²) in [5, 5.41) is 7.37. The highest BCUT2D eigenvalue weighted by Gasteiger charge is 2.17. The van der Waals surface area contributed by atoms with Crippen molar-refractivity contribution in [2.45, 2.75) is 19.3 Å².